The van der Waals surface area contributed by atoms with Crippen LogP contribution in [0.1, 0.15) is 12.5 Å². The molecule has 1 amide bonds. The van der Waals surface area contributed by atoms with Crippen LogP contribution in [0.25, 0.3) is 22.4 Å². The molecular formula is C23H21N3O2. The van der Waals surface area contributed by atoms with Crippen molar-refractivity contribution in [1.82, 2.24) is 9.97 Å². The van der Waals surface area contributed by atoms with E-state index in [1.165, 1.54) is 5.56 Å². The van der Waals surface area contributed by atoms with Gasteiger partial charge in [-0.2, -0.15) is 0 Å². The summed E-state index contributed by atoms with van der Waals surface area (Å²) < 4.78 is 5.56. The van der Waals surface area contributed by atoms with Crippen molar-refractivity contribution in [3.63, 3.8) is 0 Å². The molecule has 28 heavy (non-hydrogen) atoms. The van der Waals surface area contributed by atoms with E-state index in [9.17, 15) is 4.79 Å². The first-order valence-corrected chi connectivity index (χ1v) is 9.28. The molecule has 0 saturated heterocycles. The Hall–Kier alpha value is -3.60. The van der Waals surface area contributed by atoms with Crippen LogP contribution in [0.5, 0.6) is 5.75 Å². The van der Waals surface area contributed by atoms with Gasteiger partial charge >= 0.3 is 0 Å². The number of aryl methyl sites for hydroxylation is 1. The molecule has 0 bridgehead atoms. The second-order valence-electron chi connectivity index (χ2n) is 6.52. The maximum Gasteiger partial charge on any atom is 0.262 e. The third kappa shape index (κ3) is 4.04. The van der Waals surface area contributed by atoms with E-state index in [0.29, 0.717) is 11.4 Å². The summed E-state index contributed by atoms with van der Waals surface area (Å²) in [7, 11) is 0. The minimum Gasteiger partial charge on any atom is -0.484 e. The average molecular weight is 371 g/mol. The van der Waals surface area contributed by atoms with Crippen LogP contribution < -0.4 is 10.1 Å². The molecular weight excluding hydrogens is 350 g/mol. The fraction of sp³-hybridized carbons (Fsp3) is 0.130. The van der Waals surface area contributed by atoms with Crippen LogP contribution in [0.15, 0.2) is 72.8 Å². The van der Waals surface area contributed by atoms with Crippen molar-refractivity contribution in [2.24, 2.45) is 0 Å². The summed E-state index contributed by atoms with van der Waals surface area (Å²) in [5.74, 6) is 1.24. The standard InChI is InChI=1S/C23H21N3O2/c1-2-16-10-12-19(13-11-16)28-15-22(27)24-18-7-5-6-17(14-18)23-25-20-8-3-4-9-21(20)26-23/h3-14H,2,15H2,1H3,(H,24,27)(H,25,26). The number of H-pyrrole nitrogens is 1. The van der Waals surface area contributed by atoms with E-state index < -0.39 is 0 Å². The second kappa shape index (κ2) is 7.96. The summed E-state index contributed by atoms with van der Waals surface area (Å²) in [4.78, 5) is 20.1. The number of aromatic amines is 1. The van der Waals surface area contributed by atoms with Crippen molar-refractivity contribution < 1.29 is 9.53 Å². The lowest BCUT2D eigenvalue weighted by molar-refractivity contribution is -0.118. The van der Waals surface area contributed by atoms with Gasteiger partial charge < -0.3 is 15.0 Å². The Bertz CT molecular complexity index is 1070. The normalized spacial score (nSPS) is 10.8. The molecule has 0 saturated carbocycles. The number of benzene rings is 3. The zero-order chi connectivity index (χ0) is 19.3. The van der Waals surface area contributed by atoms with E-state index in [-0.39, 0.29) is 12.5 Å². The van der Waals surface area contributed by atoms with E-state index in [4.69, 9.17) is 4.74 Å². The summed E-state index contributed by atoms with van der Waals surface area (Å²) >= 11 is 0. The van der Waals surface area contributed by atoms with Gasteiger partial charge in [0.1, 0.15) is 11.6 Å². The molecule has 0 unspecified atom stereocenters. The minimum absolute atomic E-state index is 0.0413. The molecule has 3 aromatic carbocycles. The van der Waals surface area contributed by atoms with E-state index in [2.05, 4.69) is 22.2 Å². The molecule has 5 nitrogen and oxygen atoms in total. The number of ether oxygens (including phenoxy) is 1. The van der Waals surface area contributed by atoms with Gasteiger partial charge in [0.2, 0.25) is 0 Å². The first kappa shape index (κ1) is 17.8. The Balaban J connectivity index is 1.41. The van der Waals surface area contributed by atoms with Gasteiger partial charge in [0.05, 0.1) is 11.0 Å². The number of hydrogen-bond acceptors (Lipinski definition) is 3. The maximum atomic E-state index is 12.2. The molecule has 5 heteroatoms. The number of para-hydroxylation sites is 2. The van der Waals surface area contributed by atoms with E-state index in [1.54, 1.807) is 0 Å². The summed E-state index contributed by atoms with van der Waals surface area (Å²) in [6.45, 7) is 2.06. The highest BCUT2D eigenvalue weighted by Gasteiger charge is 2.08. The van der Waals surface area contributed by atoms with Gasteiger partial charge in [-0.1, -0.05) is 43.3 Å². The van der Waals surface area contributed by atoms with Crippen molar-refractivity contribution in [2.45, 2.75) is 13.3 Å². The van der Waals surface area contributed by atoms with Gasteiger partial charge in [-0.3, -0.25) is 4.79 Å². The Morgan fingerprint density at radius 3 is 2.64 bits per heavy atom. The molecule has 0 aliphatic rings. The number of carbonyl (C=O) groups is 1. The zero-order valence-corrected chi connectivity index (χ0v) is 15.6. The molecule has 4 rings (SSSR count). The Morgan fingerprint density at radius 2 is 1.86 bits per heavy atom. The first-order chi connectivity index (χ1) is 13.7. The van der Waals surface area contributed by atoms with Gasteiger partial charge in [0.15, 0.2) is 6.61 Å². The number of hydrogen-bond donors (Lipinski definition) is 2. The molecule has 1 heterocycles. The van der Waals surface area contributed by atoms with Crippen LogP contribution in [0.4, 0.5) is 5.69 Å². The highest BCUT2D eigenvalue weighted by molar-refractivity contribution is 5.92. The number of imidazole rings is 1. The molecule has 1 aromatic heterocycles. The number of anilines is 1. The largest absolute Gasteiger partial charge is 0.484 e. The number of rotatable bonds is 6. The summed E-state index contributed by atoms with van der Waals surface area (Å²) in [5.41, 5.74) is 4.74. The molecule has 0 fully saturated rings. The van der Waals surface area contributed by atoms with Crippen LogP contribution in [0, 0.1) is 0 Å². The number of carbonyl (C=O) groups excluding carboxylic acids is 1. The first-order valence-electron chi connectivity index (χ1n) is 9.28. The van der Waals surface area contributed by atoms with Crippen LogP contribution in [-0.2, 0) is 11.2 Å². The van der Waals surface area contributed by atoms with Crippen molar-refractivity contribution in [1.29, 1.82) is 0 Å². The summed E-state index contributed by atoms with van der Waals surface area (Å²) in [6.07, 6.45) is 0.975. The third-order valence-electron chi connectivity index (χ3n) is 4.51. The Labute approximate surface area is 163 Å². The minimum atomic E-state index is -0.207. The fourth-order valence-corrected chi connectivity index (χ4v) is 3.00. The lowest BCUT2D eigenvalue weighted by Gasteiger charge is -2.09. The number of nitrogens with zero attached hydrogens (tertiary/aromatic N) is 1. The van der Waals surface area contributed by atoms with Crippen LogP contribution >= 0.6 is 0 Å². The number of nitrogens with one attached hydrogen (secondary N) is 2. The van der Waals surface area contributed by atoms with Crippen molar-refractivity contribution in [2.75, 3.05) is 11.9 Å². The quantitative estimate of drug-likeness (QED) is 0.511. The fourth-order valence-electron chi connectivity index (χ4n) is 3.00. The molecule has 4 aromatic rings. The maximum absolute atomic E-state index is 12.2. The molecule has 140 valence electrons. The number of fused-ring (bicyclic) bond motifs is 1. The van der Waals surface area contributed by atoms with Gasteiger partial charge in [-0.15, -0.1) is 0 Å². The predicted molar refractivity (Wildman–Crippen MR) is 111 cm³/mol. The predicted octanol–water partition coefficient (Wildman–Crippen LogP) is 4.81. The number of amides is 1. The van der Waals surface area contributed by atoms with E-state index in [0.717, 1.165) is 28.8 Å². The highest BCUT2D eigenvalue weighted by atomic mass is 16.5. The average Bonchev–Trinajstić information content (AvgIpc) is 3.17. The van der Waals surface area contributed by atoms with Crippen LogP contribution in [0.2, 0.25) is 0 Å². The van der Waals surface area contributed by atoms with Gasteiger partial charge in [0.25, 0.3) is 5.91 Å². The van der Waals surface area contributed by atoms with Gasteiger partial charge in [-0.05, 0) is 48.4 Å². The Morgan fingerprint density at radius 1 is 1.04 bits per heavy atom. The monoisotopic (exact) mass is 371 g/mol. The molecule has 0 aliphatic heterocycles. The Kier molecular flexibility index (Phi) is 5.06. The molecule has 2 N–H and O–H groups in total. The smallest absolute Gasteiger partial charge is 0.262 e. The van der Waals surface area contributed by atoms with Crippen LogP contribution in [-0.4, -0.2) is 22.5 Å². The lowest BCUT2D eigenvalue weighted by atomic mass is 10.2. The van der Waals surface area contributed by atoms with Gasteiger partial charge in [0, 0.05) is 11.3 Å². The van der Waals surface area contributed by atoms with Crippen molar-refractivity contribution >= 4 is 22.6 Å². The van der Waals surface area contributed by atoms with Crippen molar-refractivity contribution in [3.8, 4) is 17.1 Å². The molecule has 0 radical (unpaired) electrons. The third-order valence-corrected chi connectivity index (χ3v) is 4.51. The van der Waals surface area contributed by atoms with Crippen molar-refractivity contribution in [3.05, 3.63) is 78.4 Å². The number of aromatic nitrogens is 2. The summed E-state index contributed by atoms with van der Waals surface area (Å²) in [6, 6.07) is 23.2. The summed E-state index contributed by atoms with van der Waals surface area (Å²) in [5, 5.41) is 2.87. The van der Waals surface area contributed by atoms with Crippen LogP contribution in [0.3, 0.4) is 0 Å². The molecule has 0 aliphatic carbocycles. The van der Waals surface area contributed by atoms with E-state index >= 15 is 0 Å². The highest BCUT2D eigenvalue weighted by Crippen LogP contribution is 2.23. The second-order valence-corrected chi connectivity index (χ2v) is 6.52. The molecule has 0 atom stereocenters. The SMILES string of the molecule is CCc1ccc(OCC(=O)Nc2cccc(-c3nc4ccccc4[nH]3)c2)cc1. The van der Waals surface area contributed by atoms with Gasteiger partial charge in [-0.25, -0.2) is 4.98 Å². The van der Waals surface area contributed by atoms with E-state index in [1.807, 2.05) is 72.8 Å². The zero-order valence-electron chi connectivity index (χ0n) is 15.6. The molecule has 0 spiro atoms. The lowest BCUT2D eigenvalue weighted by Crippen LogP contribution is -2.20. The topological polar surface area (TPSA) is 67.0 Å².